The summed E-state index contributed by atoms with van der Waals surface area (Å²) in [5.41, 5.74) is 3.61. The highest BCUT2D eigenvalue weighted by Crippen LogP contribution is 2.22. The van der Waals surface area contributed by atoms with Crippen LogP contribution in [-0.2, 0) is 0 Å². The van der Waals surface area contributed by atoms with Crippen molar-refractivity contribution in [3.63, 3.8) is 0 Å². The minimum Gasteiger partial charge on any atom is -0.369 e. The number of rotatable bonds is 5. The zero-order valence-electron chi connectivity index (χ0n) is 15.1. The second-order valence-corrected chi connectivity index (χ2v) is 7.14. The van der Waals surface area contributed by atoms with E-state index in [-0.39, 0.29) is 5.91 Å². The average Bonchev–Trinajstić information content (AvgIpc) is 3.48. The van der Waals surface area contributed by atoms with Crippen molar-refractivity contribution in [2.45, 2.75) is 18.9 Å². The van der Waals surface area contributed by atoms with Gasteiger partial charge in [0.05, 0.1) is 11.9 Å². The number of aromatic nitrogens is 1. The van der Waals surface area contributed by atoms with Gasteiger partial charge in [0.25, 0.3) is 5.91 Å². The number of piperazine rings is 1. The second kappa shape index (κ2) is 7.33. The molecule has 1 aliphatic carbocycles. The molecule has 0 radical (unpaired) electrons. The largest absolute Gasteiger partial charge is 0.369 e. The molecule has 0 atom stereocenters. The van der Waals surface area contributed by atoms with Gasteiger partial charge in [-0.2, -0.15) is 0 Å². The molecule has 0 unspecified atom stereocenters. The molecule has 4 rings (SSSR count). The number of nitrogens with zero attached hydrogens (tertiary/aromatic N) is 3. The lowest BCUT2D eigenvalue weighted by atomic mass is 10.2. The first-order valence-electron chi connectivity index (χ1n) is 9.25. The number of carbonyl (C=O) groups excluding carboxylic acids is 1. The zero-order chi connectivity index (χ0) is 17.9. The Balaban J connectivity index is 1.35. The maximum atomic E-state index is 12.0. The van der Waals surface area contributed by atoms with Crippen molar-refractivity contribution in [1.29, 1.82) is 0 Å². The van der Waals surface area contributed by atoms with E-state index in [4.69, 9.17) is 0 Å². The van der Waals surface area contributed by atoms with Gasteiger partial charge in [-0.05, 0) is 56.3 Å². The van der Waals surface area contributed by atoms with Gasteiger partial charge in [-0.15, -0.1) is 0 Å². The van der Waals surface area contributed by atoms with Gasteiger partial charge >= 0.3 is 0 Å². The van der Waals surface area contributed by atoms with Crippen LogP contribution >= 0.6 is 0 Å². The van der Waals surface area contributed by atoms with Crippen LogP contribution in [0.4, 0.5) is 17.1 Å². The van der Waals surface area contributed by atoms with Crippen molar-refractivity contribution in [3.8, 4) is 0 Å². The van der Waals surface area contributed by atoms with E-state index in [0.717, 1.165) is 50.4 Å². The Morgan fingerprint density at radius 3 is 2.31 bits per heavy atom. The number of pyridine rings is 1. The minimum absolute atomic E-state index is 0.0874. The maximum Gasteiger partial charge on any atom is 0.270 e. The number of hydrogen-bond donors (Lipinski definition) is 2. The van der Waals surface area contributed by atoms with Gasteiger partial charge in [0.15, 0.2) is 0 Å². The first kappa shape index (κ1) is 16.8. The molecule has 6 nitrogen and oxygen atoms in total. The summed E-state index contributed by atoms with van der Waals surface area (Å²) >= 11 is 0. The van der Waals surface area contributed by atoms with E-state index in [0.29, 0.717) is 11.7 Å². The Kier molecular flexibility index (Phi) is 4.75. The van der Waals surface area contributed by atoms with Crippen molar-refractivity contribution in [3.05, 3.63) is 48.3 Å². The van der Waals surface area contributed by atoms with E-state index >= 15 is 0 Å². The molecule has 2 heterocycles. The molecule has 1 saturated heterocycles. The smallest absolute Gasteiger partial charge is 0.270 e. The van der Waals surface area contributed by atoms with Crippen LogP contribution in [0.3, 0.4) is 0 Å². The van der Waals surface area contributed by atoms with E-state index in [1.807, 2.05) is 6.07 Å². The molecular formula is C20H25N5O. The Morgan fingerprint density at radius 2 is 1.69 bits per heavy atom. The fraction of sp³-hybridized carbons (Fsp3) is 0.400. The molecule has 1 aliphatic heterocycles. The summed E-state index contributed by atoms with van der Waals surface area (Å²) in [5.74, 6) is -0.0874. The van der Waals surface area contributed by atoms with Crippen molar-refractivity contribution in [1.82, 2.24) is 15.2 Å². The highest BCUT2D eigenvalue weighted by Gasteiger charge is 2.24. The molecule has 0 spiro atoms. The van der Waals surface area contributed by atoms with Gasteiger partial charge in [-0.25, -0.2) is 4.98 Å². The number of nitrogens with one attached hydrogen (secondary N) is 2. The summed E-state index contributed by atoms with van der Waals surface area (Å²) in [5, 5.41) is 6.29. The number of hydrogen-bond acceptors (Lipinski definition) is 5. The van der Waals surface area contributed by atoms with Gasteiger partial charge in [-0.1, -0.05) is 0 Å². The first-order valence-corrected chi connectivity index (χ1v) is 9.25. The lowest BCUT2D eigenvalue weighted by Crippen LogP contribution is -2.44. The molecule has 2 aliphatic rings. The number of anilines is 3. The van der Waals surface area contributed by atoms with Crippen LogP contribution in [0.25, 0.3) is 0 Å². The molecule has 26 heavy (non-hydrogen) atoms. The summed E-state index contributed by atoms with van der Waals surface area (Å²) in [6.45, 7) is 4.34. The van der Waals surface area contributed by atoms with Crippen LogP contribution in [0.5, 0.6) is 0 Å². The highest BCUT2D eigenvalue weighted by atomic mass is 16.2. The third-order valence-corrected chi connectivity index (χ3v) is 4.93. The van der Waals surface area contributed by atoms with Crippen molar-refractivity contribution in [2.24, 2.45) is 0 Å². The summed E-state index contributed by atoms with van der Waals surface area (Å²) in [4.78, 5) is 21.0. The Hall–Kier alpha value is -2.60. The van der Waals surface area contributed by atoms with E-state index < -0.39 is 0 Å². The summed E-state index contributed by atoms with van der Waals surface area (Å²) in [6, 6.07) is 12.5. The normalized spacial score (nSPS) is 17.8. The predicted octanol–water partition coefficient (Wildman–Crippen LogP) is 2.47. The third kappa shape index (κ3) is 4.14. The fourth-order valence-corrected chi connectivity index (χ4v) is 3.08. The summed E-state index contributed by atoms with van der Waals surface area (Å²) in [6.07, 6.45) is 3.86. The molecule has 2 N–H and O–H groups in total. The van der Waals surface area contributed by atoms with E-state index in [9.17, 15) is 4.79 Å². The van der Waals surface area contributed by atoms with Gasteiger partial charge in [0.2, 0.25) is 0 Å². The average molecular weight is 351 g/mol. The highest BCUT2D eigenvalue weighted by molar-refractivity contribution is 5.92. The molecule has 1 aromatic carbocycles. The molecule has 2 fully saturated rings. The quantitative estimate of drug-likeness (QED) is 0.867. The van der Waals surface area contributed by atoms with Crippen LogP contribution < -0.4 is 15.5 Å². The molecule has 0 bridgehead atoms. The van der Waals surface area contributed by atoms with Gasteiger partial charge in [-0.3, -0.25) is 4.79 Å². The lowest BCUT2D eigenvalue weighted by molar-refractivity contribution is 0.0946. The molecule has 6 heteroatoms. The molecule has 1 amide bonds. The first-order chi connectivity index (χ1) is 12.7. The van der Waals surface area contributed by atoms with E-state index in [1.165, 1.54) is 5.69 Å². The molecular weight excluding hydrogens is 326 g/mol. The Labute approximate surface area is 154 Å². The summed E-state index contributed by atoms with van der Waals surface area (Å²) in [7, 11) is 2.17. The Bertz CT molecular complexity index is 747. The zero-order valence-corrected chi connectivity index (χ0v) is 15.1. The second-order valence-electron chi connectivity index (χ2n) is 7.14. The number of likely N-dealkylation sites (N-methyl/N-ethyl adjacent to an activating group) is 1. The van der Waals surface area contributed by atoms with Gasteiger partial charge in [0, 0.05) is 43.6 Å². The third-order valence-electron chi connectivity index (χ3n) is 4.93. The van der Waals surface area contributed by atoms with Crippen LogP contribution in [0, 0.1) is 0 Å². The van der Waals surface area contributed by atoms with Crippen LogP contribution in [-0.4, -0.2) is 55.1 Å². The molecule has 1 aromatic heterocycles. The van der Waals surface area contributed by atoms with Crippen LogP contribution in [0.15, 0.2) is 42.6 Å². The lowest BCUT2D eigenvalue weighted by Gasteiger charge is -2.34. The number of benzene rings is 1. The number of carbonyl (C=O) groups is 1. The topological polar surface area (TPSA) is 60.5 Å². The standard InChI is InChI=1S/C20H25N5O/c1-24-10-12-25(13-11-24)18-7-4-15(5-8-18)22-17-6-9-19(21-14-17)20(26)23-16-2-3-16/h4-9,14,16,22H,2-3,10-13H2,1H3,(H,23,26). The molecule has 136 valence electrons. The van der Waals surface area contributed by atoms with Crippen LogP contribution in [0.2, 0.25) is 0 Å². The molecule has 1 saturated carbocycles. The minimum atomic E-state index is -0.0874. The summed E-state index contributed by atoms with van der Waals surface area (Å²) < 4.78 is 0. The number of amides is 1. The van der Waals surface area contributed by atoms with E-state index in [1.54, 1.807) is 12.3 Å². The predicted molar refractivity (Wildman–Crippen MR) is 104 cm³/mol. The fourth-order valence-electron chi connectivity index (χ4n) is 3.08. The SMILES string of the molecule is CN1CCN(c2ccc(Nc3ccc(C(=O)NC4CC4)nc3)cc2)CC1. The van der Waals surface area contributed by atoms with Crippen molar-refractivity contribution < 1.29 is 4.79 Å². The van der Waals surface area contributed by atoms with Gasteiger partial charge < -0.3 is 20.4 Å². The maximum absolute atomic E-state index is 12.0. The van der Waals surface area contributed by atoms with Crippen LogP contribution in [0.1, 0.15) is 23.3 Å². The van der Waals surface area contributed by atoms with E-state index in [2.05, 4.69) is 56.7 Å². The van der Waals surface area contributed by atoms with Crippen molar-refractivity contribution >= 4 is 23.0 Å². The van der Waals surface area contributed by atoms with Crippen molar-refractivity contribution in [2.75, 3.05) is 43.4 Å². The molecule has 2 aromatic rings. The Morgan fingerprint density at radius 1 is 1.00 bits per heavy atom. The monoisotopic (exact) mass is 351 g/mol. The van der Waals surface area contributed by atoms with Gasteiger partial charge in [0.1, 0.15) is 5.69 Å².